The fourth-order valence-corrected chi connectivity index (χ4v) is 2.59. The van der Waals surface area contributed by atoms with Crippen molar-refractivity contribution in [2.75, 3.05) is 24.3 Å². The average molecular weight is 276 g/mol. The van der Waals surface area contributed by atoms with Crippen molar-refractivity contribution < 1.29 is 9.53 Å². The first kappa shape index (κ1) is 14.9. The highest BCUT2D eigenvalue weighted by molar-refractivity contribution is 5.93. The summed E-state index contributed by atoms with van der Waals surface area (Å²) < 4.78 is 5.64. The molecule has 0 aromatic heterocycles. The third-order valence-corrected chi connectivity index (χ3v) is 3.76. The molecular weight excluding hydrogens is 252 g/mol. The first-order chi connectivity index (χ1) is 9.75. The van der Waals surface area contributed by atoms with Crippen LogP contribution >= 0.6 is 0 Å². The van der Waals surface area contributed by atoms with Gasteiger partial charge in [-0.2, -0.15) is 0 Å². The highest BCUT2D eigenvalue weighted by Gasteiger charge is 2.14. The van der Waals surface area contributed by atoms with Gasteiger partial charge in [-0.3, -0.25) is 4.79 Å². The summed E-state index contributed by atoms with van der Waals surface area (Å²) in [7, 11) is 0. The van der Waals surface area contributed by atoms with Crippen LogP contribution < -0.4 is 11.1 Å². The van der Waals surface area contributed by atoms with Crippen LogP contribution in [-0.2, 0) is 9.53 Å². The second-order valence-corrected chi connectivity index (χ2v) is 5.46. The Morgan fingerprint density at radius 3 is 2.80 bits per heavy atom. The maximum Gasteiger partial charge on any atom is 0.224 e. The minimum Gasteiger partial charge on any atom is -0.397 e. The molecule has 0 spiro atoms. The van der Waals surface area contributed by atoms with Crippen LogP contribution in [0.1, 0.15) is 38.5 Å². The Morgan fingerprint density at radius 1 is 1.30 bits per heavy atom. The molecule has 110 valence electrons. The van der Waals surface area contributed by atoms with Crippen LogP contribution in [0.25, 0.3) is 0 Å². The maximum absolute atomic E-state index is 11.8. The quantitative estimate of drug-likeness (QED) is 0.594. The fourth-order valence-electron chi connectivity index (χ4n) is 2.59. The van der Waals surface area contributed by atoms with Gasteiger partial charge in [0.2, 0.25) is 5.91 Å². The second kappa shape index (κ2) is 7.90. The average Bonchev–Trinajstić information content (AvgIpc) is 2.94. The predicted molar refractivity (Wildman–Crippen MR) is 81.5 cm³/mol. The largest absolute Gasteiger partial charge is 0.397 e. The number of ether oxygens (including phenoxy) is 1. The molecule has 0 heterocycles. The summed E-state index contributed by atoms with van der Waals surface area (Å²) in [6, 6.07) is 7.29. The molecule has 1 aromatic rings. The number of nitrogens with one attached hydrogen (secondary N) is 1. The Hall–Kier alpha value is -1.55. The molecule has 1 fully saturated rings. The summed E-state index contributed by atoms with van der Waals surface area (Å²) in [4.78, 5) is 11.8. The normalized spacial score (nSPS) is 15.4. The van der Waals surface area contributed by atoms with Crippen molar-refractivity contribution in [3.8, 4) is 0 Å². The van der Waals surface area contributed by atoms with Crippen molar-refractivity contribution in [3.05, 3.63) is 24.3 Å². The predicted octanol–water partition coefficient (Wildman–Crippen LogP) is 3.19. The van der Waals surface area contributed by atoms with Crippen molar-refractivity contribution in [2.24, 2.45) is 5.92 Å². The first-order valence-corrected chi connectivity index (χ1v) is 7.48. The molecule has 1 aliphatic rings. The molecule has 0 radical (unpaired) electrons. The number of amides is 1. The zero-order valence-corrected chi connectivity index (χ0v) is 11.9. The first-order valence-electron chi connectivity index (χ1n) is 7.48. The number of rotatable bonds is 7. The lowest BCUT2D eigenvalue weighted by Gasteiger charge is -2.10. The molecule has 0 saturated heterocycles. The molecule has 0 unspecified atom stereocenters. The number of nitrogen functional groups attached to an aromatic ring is 1. The van der Waals surface area contributed by atoms with E-state index in [1.165, 1.54) is 25.7 Å². The van der Waals surface area contributed by atoms with E-state index in [4.69, 9.17) is 10.5 Å². The summed E-state index contributed by atoms with van der Waals surface area (Å²) in [6.45, 7) is 1.52. The molecule has 1 aromatic carbocycles. The Bertz CT molecular complexity index is 428. The van der Waals surface area contributed by atoms with Gasteiger partial charge in [-0.1, -0.05) is 25.0 Å². The van der Waals surface area contributed by atoms with Gasteiger partial charge in [0, 0.05) is 19.6 Å². The molecule has 20 heavy (non-hydrogen) atoms. The fraction of sp³-hybridized carbons (Fsp3) is 0.562. The number of hydrogen-bond donors (Lipinski definition) is 2. The van der Waals surface area contributed by atoms with Crippen molar-refractivity contribution >= 4 is 17.3 Å². The molecule has 0 aliphatic heterocycles. The summed E-state index contributed by atoms with van der Waals surface area (Å²) in [6.07, 6.45) is 6.51. The number of carbonyl (C=O) groups is 1. The van der Waals surface area contributed by atoms with Gasteiger partial charge in [-0.05, 0) is 37.3 Å². The van der Waals surface area contributed by atoms with Crippen LogP contribution in [0.2, 0.25) is 0 Å². The second-order valence-electron chi connectivity index (χ2n) is 5.46. The molecule has 1 aliphatic carbocycles. The zero-order valence-electron chi connectivity index (χ0n) is 11.9. The minimum atomic E-state index is -0.00707. The van der Waals surface area contributed by atoms with E-state index in [0.29, 0.717) is 24.4 Å². The molecule has 1 amide bonds. The van der Waals surface area contributed by atoms with Gasteiger partial charge in [0.15, 0.2) is 0 Å². The Labute approximate surface area is 120 Å². The SMILES string of the molecule is Nc1ccccc1NC(=O)CCCOCC1CCCC1. The van der Waals surface area contributed by atoms with Gasteiger partial charge in [0.1, 0.15) is 0 Å². The van der Waals surface area contributed by atoms with E-state index >= 15 is 0 Å². The summed E-state index contributed by atoms with van der Waals surface area (Å²) in [5, 5.41) is 2.82. The highest BCUT2D eigenvalue weighted by Crippen LogP contribution is 2.24. The lowest BCUT2D eigenvalue weighted by atomic mass is 10.1. The smallest absolute Gasteiger partial charge is 0.224 e. The maximum atomic E-state index is 11.8. The van der Waals surface area contributed by atoms with E-state index in [9.17, 15) is 4.79 Å². The van der Waals surface area contributed by atoms with Crippen molar-refractivity contribution in [2.45, 2.75) is 38.5 Å². The summed E-state index contributed by atoms with van der Waals surface area (Å²) >= 11 is 0. The van der Waals surface area contributed by atoms with E-state index in [0.717, 1.165) is 18.9 Å². The van der Waals surface area contributed by atoms with Crippen molar-refractivity contribution in [1.82, 2.24) is 0 Å². The van der Waals surface area contributed by atoms with Crippen molar-refractivity contribution in [1.29, 1.82) is 0 Å². The minimum absolute atomic E-state index is 0.00707. The van der Waals surface area contributed by atoms with Crippen LogP contribution in [0.4, 0.5) is 11.4 Å². The number of benzene rings is 1. The number of anilines is 2. The number of carbonyl (C=O) groups excluding carboxylic acids is 1. The van der Waals surface area contributed by atoms with Gasteiger partial charge in [0.25, 0.3) is 0 Å². The van der Waals surface area contributed by atoms with Crippen LogP contribution in [0.5, 0.6) is 0 Å². The van der Waals surface area contributed by atoms with E-state index in [1.54, 1.807) is 6.07 Å². The van der Waals surface area contributed by atoms with Gasteiger partial charge >= 0.3 is 0 Å². The monoisotopic (exact) mass is 276 g/mol. The third-order valence-electron chi connectivity index (χ3n) is 3.76. The van der Waals surface area contributed by atoms with Crippen molar-refractivity contribution in [3.63, 3.8) is 0 Å². The molecule has 2 rings (SSSR count). The Kier molecular flexibility index (Phi) is 5.87. The highest BCUT2D eigenvalue weighted by atomic mass is 16.5. The molecule has 4 nitrogen and oxygen atoms in total. The lowest BCUT2D eigenvalue weighted by Crippen LogP contribution is -2.14. The van der Waals surface area contributed by atoms with Crippen LogP contribution in [0, 0.1) is 5.92 Å². The summed E-state index contributed by atoms with van der Waals surface area (Å²) in [5.41, 5.74) is 7.06. The van der Waals surface area contributed by atoms with E-state index in [-0.39, 0.29) is 5.91 Å². The third kappa shape index (κ3) is 4.85. The van der Waals surface area contributed by atoms with Gasteiger partial charge in [-0.25, -0.2) is 0 Å². The molecular formula is C16H24N2O2. The van der Waals surface area contributed by atoms with Gasteiger partial charge in [-0.15, -0.1) is 0 Å². The van der Waals surface area contributed by atoms with E-state index in [1.807, 2.05) is 18.2 Å². The molecule has 4 heteroatoms. The van der Waals surface area contributed by atoms with Crippen LogP contribution in [0.3, 0.4) is 0 Å². The van der Waals surface area contributed by atoms with E-state index < -0.39 is 0 Å². The topological polar surface area (TPSA) is 64.3 Å². The van der Waals surface area contributed by atoms with Gasteiger partial charge in [0.05, 0.1) is 11.4 Å². The molecule has 0 bridgehead atoms. The lowest BCUT2D eigenvalue weighted by molar-refractivity contribution is -0.116. The molecule has 1 saturated carbocycles. The Balaban J connectivity index is 1.57. The number of para-hydroxylation sites is 2. The Morgan fingerprint density at radius 2 is 2.05 bits per heavy atom. The summed E-state index contributed by atoms with van der Waals surface area (Å²) in [5.74, 6) is 0.736. The van der Waals surface area contributed by atoms with Crippen LogP contribution in [-0.4, -0.2) is 19.1 Å². The molecule has 0 atom stereocenters. The number of nitrogens with two attached hydrogens (primary N) is 1. The zero-order chi connectivity index (χ0) is 14.2. The van der Waals surface area contributed by atoms with Crippen LogP contribution in [0.15, 0.2) is 24.3 Å². The van der Waals surface area contributed by atoms with Gasteiger partial charge < -0.3 is 15.8 Å². The number of hydrogen-bond acceptors (Lipinski definition) is 3. The molecule has 3 N–H and O–H groups in total. The van der Waals surface area contributed by atoms with E-state index in [2.05, 4.69) is 5.32 Å². The standard InChI is InChI=1S/C16H24N2O2/c17-14-8-3-4-9-15(14)18-16(19)10-5-11-20-12-13-6-1-2-7-13/h3-4,8-9,13H,1-2,5-7,10-12,17H2,(H,18,19).